The molecule has 4 heteroatoms. The number of rotatable bonds is 2. The first-order valence-corrected chi connectivity index (χ1v) is 4.83. The van der Waals surface area contributed by atoms with Crippen molar-refractivity contribution < 1.29 is 9.90 Å². The number of benzene rings is 1. The highest BCUT2D eigenvalue weighted by Crippen LogP contribution is 2.21. The Labute approximate surface area is 87.1 Å². The molecule has 0 atom stereocenters. The molecule has 0 spiro atoms. The Balaban J connectivity index is 2.84. The topological polar surface area (TPSA) is 55.1 Å². The summed E-state index contributed by atoms with van der Waals surface area (Å²) >= 11 is 0. The van der Waals surface area contributed by atoms with Gasteiger partial charge in [0.25, 0.3) is 0 Å². The van der Waals surface area contributed by atoms with Gasteiger partial charge in [-0.15, -0.1) is 0 Å². The van der Waals surface area contributed by atoms with Crippen LogP contribution in [0.15, 0.2) is 18.2 Å². The zero-order valence-electron chi connectivity index (χ0n) is 8.69. The lowest BCUT2D eigenvalue weighted by molar-refractivity contribution is 0.0687. The molecule has 1 aromatic carbocycles. The van der Waals surface area contributed by atoms with Crippen molar-refractivity contribution in [1.29, 1.82) is 0 Å². The lowest BCUT2D eigenvalue weighted by atomic mass is 10.1. The molecule has 0 fully saturated rings. The number of carboxylic acid groups (broad SMARTS) is 1. The van der Waals surface area contributed by atoms with Gasteiger partial charge in [-0.2, -0.15) is 5.10 Å². The molecule has 4 nitrogen and oxygen atoms in total. The van der Waals surface area contributed by atoms with E-state index in [1.165, 1.54) is 4.68 Å². The van der Waals surface area contributed by atoms with Crippen LogP contribution in [0.4, 0.5) is 0 Å². The van der Waals surface area contributed by atoms with Crippen LogP contribution in [0.25, 0.3) is 10.9 Å². The Bertz CT molecular complexity index is 529. The predicted molar refractivity (Wildman–Crippen MR) is 57.1 cm³/mol. The Morgan fingerprint density at radius 1 is 1.53 bits per heavy atom. The van der Waals surface area contributed by atoms with Gasteiger partial charge < -0.3 is 5.11 Å². The van der Waals surface area contributed by atoms with Gasteiger partial charge in [0, 0.05) is 12.4 Å². The van der Waals surface area contributed by atoms with Crippen LogP contribution in [0.3, 0.4) is 0 Å². The number of aromatic nitrogens is 2. The van der Waals surface area contributed by atoms with E-state index in [0.29, 0.717) is 5.39 Å². The third kappa shape index (κ3) is 1.38. The molecule has 2 aromatic rings. The number of nitrogens with zero attached hydrogens (tertiary/aromatic N) is 2. The number of aryl methyl sites for hydroxylation is 2. The highest BCUT2D eigenvalue weighted by molar-refractivity contribution is 6.02. The summed E-state index contributed by atoms with van der Waals surface area (Å²) in [5.74, 6) is -0.937. The van der Waals surface area contributed by atoms with E-state index in [1.807, 2.05) is 19.1 Å². The minimum Gasteiger partial charge on any atom is -0.477 e. The molecule has 0 aliphatic rings. The normalized spacial score (nSPS) is 10.8. The number of fused-ring (bicyclic) bond motifs is 1. The van der Waals surface area contributed by atoms with E-state index < -0.39 is 5.97 Å². The van der Waals surface area contributed by atoms with Gasteiger partial charge in [-0.25, -0.2) is 4.79 Å². The second-order valence-corrected chi connectivity index (χ2v) is 3.44. The zero-order valence-corrected chi connectivity index (χ0v) is 8.69. The number of aromatic carboxylic acids is 1. The average Bonchev–Trinajstić information content (AvgIpc) is 2.53. The second kappa shape index (κ2) is 3.38. The number of hydrogen-bond acceptors (Lipinski definition) is 2. The molecule has 2 rings (SSSR count). The lowest BCUT2D eigenvalue weighted by Gasteiger charge is -1.96. The van der Waals surface area contributed by atoms with Gasteiger partial charge in [0.15, 0.2) is 5.69 Å². The fourth-order valence-corrected chi connectivity index (χ4v) is 1.81. The van der Waals surface area contributed by atoms with Crippen molar-refractivity contribution in [2.45, 2.75) is 13.3 Å². The predicted octanol–water partition coefficient (Wildman–Crippen LogP) is 1.83. The molecule has 15 heavy (non-hydrogen) atoms. The van der Waals surface area contributed by atoms with Crippen molar-refractivity contribution in [3.05, 3.63) is 29.5 Å². The first kappa shape index (κ1) is 9.71. The van der Waals surface area contributed by atoms with E-state index >= 15 is 0 Å². The number of carboxylic acids is 1. The standard InChI is InChI=1S/C11H12N2O2/c1-3-7-5-4-6-8-9(7)12-13(2)10(8)11(14)15/h4-6H,3H2,1-2H3,(H,14,15). The van der Waals surface area contributed by atoms with E-state index in [0.717, 1.165) is 17.5 Å². The lowest BCUT2D eigenvalue weighted by Crippen LogP contribution is -2.05. The summed E-state index contributed by atoms with van der Waals surface area (Å²) < 4.78 is 1.42. The van der Waals surface area contributed by atoms with Crippen LogP contribution in [-0.2, 0) is 13.5 Å². The molecule has 0 aliphatic carbocycles. The van der Waals surface area contributed by atoms with Crippen molar-refractivity contribution in [2.24, 2.45) is 7.05 Å². The highest BCUT2D eigenvalue weighted by Gasteiger charge is 2.16. The first-order chi connectivity index (χ1) is 7.15. The van der Waals surface area contributed by atoms with Crippen LogP contribution in [0.1, 0.15) is 23.0 Å². The van der Waals surface area contributed by atoms with Gasteiger partial charge in [-0.1, -0.05) is 25.1 Å². The summed E-state index contributed by atoms with van der Waals surface area (Å²) in [4.78, 5) is 11.0. The van der Waals surface area contributed by atoms with Crippen molar-refractivity contribution >= 4 is 16.9 Å². The second-order valence-electron chi connectivity index (χ2n) is 3.44. The van der Waals surface area contributed by atoms with Gasteiger partial charge in [0.1, 0.15) is 0 Å². The zero-order chi connectivity index (χ0) is 11.0. The van der Waals surface area contributed by atoms with Crippen LogP contribution in [0.5, 0.6) is 0 Å². The minimum atomic E-state index is -0.937. The summed E-state index contributed by atoms with van der Waals surface area (Å²) in [6.07, 6.45) is 0.855. The molecule has 1 aromatic heterocycles. The smallest absolute Gasteiger partial charge is 0.354 e. The Morgan fingerprint density at radius 3 is 2.87 bits per heavy atom. The maximum atomic E-state index is 11.0. The number of carbonyl (C=O) groups is 1. The van der Waals surface area contributed by atoms with Gasteiger partial charge in [0.2, 0.25) is 0 Å². The molecule has 0 saturated heterocycles. The van der Waals surface area contributed by atoms with Gasteiger partial charge in [-0.05, 0) is 12.0 Å². The quantitative estimate of drug-likeness (QED) is 0.812. The van der Waals surface area contributed by atoms with Gasteiger partial charge >= 0.3 is 5.97 Å². The molecule has 1 N–H and O–H groups in total. The summed E-state index contributed by atoms with van der Waals surface area (Å²) in [7, 11) is 1.66. The SMILES string of the molecule is CCc1cccc2c(C(=O)O)n(C)nc12. The van der Waals surface area contributed by atoms with Crippen molar-refractivity contribution in [3.63, 3.8) is 0 Å². The Hall–Kier alpha value is -1.84. The maximum absolute atomic E-state index is 11.0. The molecule has 1 heterocycles. The fourth-order valence-electron chi connectivity index (χ4n) is 1.81. The van der Waals surface area contributed by atoms with Gasteiger partial charge in [0.05, 0.1) is 5.52 Å². The van der Waals surface area contributed by atoms with E-state index in [-0.39, 0.29) is 5.69 Å². The molecular weight excluding hydrogens is 192 g/mol. The Morgan fingerprint density at radius 2 is 2.27 bits per heavy atom. The fraction of sp³-hybridized carbons (Fsp3) is 0.273. The van der Waals surface area contributed by atoms with Crippen LogP contribution in [0, 0.1) is 0 Å². The van der Waals surface area contributed by atoms with E-state index in [1.54, 1.807) is 13.1 Å². The molecule has 0 aliphatic heterocycles. The van der Waals surface area contributed by atoms with Gasteiger partial charge in [-0.3, -0.25) is 4.68 Å². The maximum Gasteiger partial charge on any atom is 0.354 e. The highest BCUT2D eigenvalue weighted by atomic mass is 16.4. The van der Waals surface area contributed by atoms with E-state index in [9.17, 15) is 4.79 Å². The third-order valence-corrected chi connectivity index (χ3v) is 2.53. The summed E-state index contributed by atoms with van der Waals surface area (Å²) in [5, 5.41) is 14.0. The van der Waals surface area contributed by atoms with Crippen molar-refractivity contribution in [2.75, 3.05) is 0 Å². The van der Waals surface area contributed by atoms with Crippen molar-refractivity contribution in [1.82, 2.24) is 9.78 Å². The minimum absolute atomic E-state index is 0.250. The average molecular weight is 204 g/mol. The largest absolute Gasteiger partial charge is 0.477 e. The van der Waals surface area contributed by atoms with E-state index in [4.69, 9.17) is 5.11 Å². The molecule has 0 radical (unpaired) electrons. The molecule has 0 amide bonds. The van der Waals surface area contributed by atoms with Crippen LogP contribution in [0.2, 0.25) is 0 Å². The van der Waals surface area contributed by atoms with Crippen LogP contribution < -0.4 is 0 Å². The molecule has 78 valence electrons. The third-order valence-electron chi connectivity index (χ3n) is 2.53. The molecule has 0 saturated carbocycles. The molecule has 0 bridgehead atoms. The Kier molecular flexibility index (Phi) is 2.19. The van der Waals surface area contributed by atoms with E-state index in [2.05, 4.69) is 5.10 Å². The van der Waals surface area contributed by atoms with Crippen LogP contribution in [-0.4, -0.2) is 20.9 Å². The molecule has 0 unspecified atom stereocenters. The summed E-state index contributed by atoms with van der Waals surface area (Å²) in [6.45, 7) is 2.03. The summed E-state index contributed by atoms with van der Waals surface area (Å²) in [6, 6.07) is 5.64. The first-order valence-electron chi connectivity index (χ1n) is 4.83. The van der Waals surface area contributed by atoms with Crippen LogP contribution >= 0.6 is 0 Å². The summed E-state index contributed by atoms with van der Waals surface area (Å²) in [5.41, 5.74) is 2.12. The monoisotopic (exact) mass is 204 g/mol. The van der Waals surface area contributed by atoms with Crippen molar-refractivity contribution in [3.8, 4) is 0 Å². The molecular formula is C11H12N2O2. The number of hydrogen-bond donors (Lipinski definition) is 1.